The fraction of sp³-hybridized carbons (Fsp3) is 1.00. The van der Waals surface area contributed by atoms with Gasteiger partial charge in [0.15, 0.2) is 0 Å². The van der Waals surface area contributed by atoms with Crippen LogP contribution in [-0.4, -0.2) is 21.9 Å². The predicted molar refractivity (Wildman–Crippen MR) is 46.6 cm³/mol. The Morgan fingerprint density at radius 2 is 2.08 bits per heavy atom. The number of hydrogen-bond donors (Lipinski definition) is 2. The average molecular weight is 170 g/mol. The van der Waals surface area contributed by atoms with Gasteiger partial charge in [-0.1, -0.05) is 6.92 Å². The molecular weight excluding hydrogens is 152 g/mol. The molecule has 0 amide bonds. The molecule has 2 N–H and O–H groups in total. The van der Waals surface area contributed by atoms with Crippen molar-refractivity contribution >= 4 is 0 Å². The van der Waals surface area contributed by atoms with Gasteiger partial charge in [0, 0.05) is 5.92 Å². The van der Waals surface area contributed by atoms with Crippen LogP contribution in [0.2, 0.25) is 0 Å². The van der Waals surface area contributed by atoms with Crippen molar-refractivity contribution in [3.8, 4) is 0 Å². The van der Waals surface area contributed by atoms with Gasteiger partial charge < -0.3 is 10.2 Å². The predicted octanol–water partition coefficient (Wildman–Crippen LogP) is 1.16. The van der Waals surface area contributed by atoms with Gasteiger partial charge in [0.1, 0.15) is 0 Å². The summed E-state index contributed by atoms with van der Waals surface area (Å²) >= 11 is 0. The molecule has 2 saturated carbocycles. The van der Waals surface area contributed by atoms with Gasteiger partial charge in [-0.05, 0) is 38.0 Å². The van der Waals surface area contributed by atoms with Crippen LogP contribution >= 0.6 is 0 Å². The lowest BCUT2D eigenvalue weighted by molar-refractivity contribution is -0.0620. The Kier molecular flexibility index (Phi) is 1.74. The van der Waals surface area contributed by atoms with Crippen molar-refractivity contribution in [1.82, 2.24) is 0 Å². The third-order valence-corrected chi connectivity index (χ3v) is 4.07. The molecule has 12 heavy (non-hydrogen) atoms. The second kappa shape index (κ2) is 2.46. The summed E-state index contributed by atoms with van der Waals surface area (Å²) in [6.45, 7) is 3.98. The van der Waals surface area contributed by atoms with Crippen LogP contribution in [0.1, 0.15) is 33.1 Å². The number of fused-ring (bicyclic) bond motifs is 2. The molecule has 0 aromatic rings. The lowest BCUT2D eigenvalue weighted by Gasteiger charge is -2.35. The van der Waals surface area contributed by atoms with Gasteiger partial charge in [0.25, 0.3) is 0 Å². The van der Waals surface area contributed by atoms with Gasteiger partial charge in [0.2, 0.25) is 0 Å². The maximum atomic E-state index is 9.99. The summed E-state index contributed by atoms with van der Waals surface area (Å²) in [4.78, 5) is 0. The quantitative estimate of drug-likeness (QED) is 0.573. The summed E-state index contributed by atoms with van der Waals surface area (Å²) in [5, 5.41) is 19.8. The zero-order valence-electron chi connectivity index (χ0n) is 7.83. The Balaban J connectivity index is 2.23. The van der Waals surface area contributed by atoms with Crippen molar-refractivity contribution in [2.24, 2.45) is 17.8 Å². The van der Waals surface area contributed by atoms with Gasteiger partial charge in [-0.3, -0.25) is 0 Å². The second-order valence-corrected chi connectivity index (χ2v) is 4.85. The van der Waals surface area contributed by atoms with E-state index in [9.17, 15) is 10.2 Å². The average Bonchev–Trinajstić information content (AvgIpc) is 2.24. The van der Waals surface area contributed by atoms with E-state index in [2.05, 4.69) is 6.92 Å². The highest BCUT2D eigenvalue weighted by molar-refractivity contribution is 5.01. The topological polar surface area (TPSA) is 40.5 Å². The molecule has 70 valence electrons. The molecule has 2 nitrogen and oxygen atoms in total. The van der Waals surface area contributed by atoms with Crippen LogP contribution in [0.25, 0.3) is 0 Å². The molecule has 2 rings (SSSR count). The van der Waals surface area contributed by atoms with Crippen molar-refractivity contribution in [3.05, 3.63) is 0 Å². The summed E-state index contributed by atoms with van der Waals surface area (Å²) in [5.41, 5.74) is -0.610. The van der Waals surface area contributed by atoms with E-state index in [4.69, 9.17) is 0 Å². The first-order chi connectivity index (χ1) is 5.52. The summed E-state index contributed by atoms with van der Waals surface area (Å²) in [6.07, 6.45) is 2.70. The smallest absolute Gasteiger partial charge is 0.0672 e. The Labute approximate surface area is 73.6 Å². The van der Waals surface area contributed by atoms with Crippen molar-refractivity contribution in [3.63, 3.8) is 0 Å². The fourth-order valence-corrected chi connectivity index (χ4v) is 2.99. The number of aliphatic hydroxyl groups is 2. The molecule has 0 aromatic carbocycles. The molecule has 0 radical (unpaired) electrons. The zero-order valence-corrected chi connectivity index (χ0v) is 7.83. The third kappa shape index (κ3) is 1.01. The van der Waals surface area contributed by atoms with E-state index in [1.165, 1.54) is 0 Å². The number of aliphatic hydroxyl groups excluding tert-OH is 1. The van der Waals surface area contributed by atoms with Crippen LogP contribution in [0, 0.1) is 17.8 Å². The summed E-state index contributed by atoms with van der Waals surface area (Å²) < 4.78 is 0. The SMILES string of the molecule is C[C@H]1[C@H]2CCC(C)(O)[C@H](C2)[C@H]1O. The van der Waals surface area contributed by atoms with Gasteiger partial charge in [-0.25, -0.2) is 0 Å². The molecule has 0 spiro atoms. The molecule has 0 aliphatic heterocycles. The van der Waals surface area contributed by atoms with Crippen LogP contribution in [0.15, 0.2) is 0 Å². The maximum Gasteiger partial charge on any atom is 0.0672 e. The molecular formula is C10H18O2. The minimum absolute atomic E-state index is 0.131. The lowest BCUT2D eigenvalue weighted by atomic mass is 9.77. The molecule has 0 saturated heterocycles. The first-order valence-electron chi connectivity index (χ1n) is 4.93. The molecule has 1 unspecified atom stereocenters. The van der Waals surface area contributed by atoms with Crippen LogP contribution < -0.4 is 0 Å². The van der Waals surface area contributed by atoms with Crippen LogP contribution in [0.5, 0.6) is 0 Å². The van der Waals surface area contributed by atoms with E-state index in [1.807, 2.05) is 6.92 Å². The van der Waals surface area contributed by atoms with Gasteiger partial charge in [-0.15, -0.1) is 0 Å². The Hall–Kier alpha value is -0.0800. The highest BCUT2D eigenvalue weighted by atomic mass is 16.3. The molecule has 2 aliphatic carbocycles. The normalized spacial score (nSPS) is 59.0. The summed E-state index contributed by atoms with van der Waals surface area (Å²) in [7, 11) is 0. The van der Waals surface area contributed by atoms with Crippen molar-refractivity contribution in [2.45, 2.75) is 44.8 Å². The van der Waals surface area contributed by atoms with Crippen molar-refractivity contribution < 1.29 is 10.2 Å². The molecule has 5 atom stereocenters. The van der Waals surface area contributed by atoms with Gasteiger partial charge in [-0.2, -0.15) is 0 Å². The third-order valence-electron chi connectivity index (χ3n) is 4.07. The molecule has 2 fully saturated rings. The van der Waals surface area contributed by atoms with Crippen molar-refractivity contribution in [1.29, 1.82) is 0 Å². The molecule has 2 bridgehead atoms. The lowest BCUT2D eigenvalue weighted by Crippen LogP contribution is -2.40. The summed E-state index contributed by atoms with van der Waals surface area (Å²) in [5.74, 6) is 1.18. The summed E-state index contributed by atoms with van der Waals surface area (Å²) in [6, 6.07) is 0. The van der Waals surface area contributed by atoms with Crippen LogP contribution in [0.3, 0.4) is 0 Å². The van der Waals surface area contributed by atoms with E-state index in [-0.39, 0.29) is 12.0 Å². The van der Waals surface area contributed by atoms with E-state index in [0.717, 1.165) is 19.3 Å². The first-order valence-corrected chi connectivity index (χ1v) is 4.93. The van der Waals surface area contributed by atoms with Gasteiger partial charge >= 0.3 is 0 Å². The zero-order chi connectivity index (χ0) is 8.93. The largest absolute Gasteiger partial charge is 0.392 e. The monoisotopic (exact) mass is 170 g/mol. The number of rotatable bonds is 0. The Morgan fingerprint density at radius 1 is 1.42 bits per heavy atom. The van der Waals surface area contributed by atoms with E-state index >= 15 is 0 Å². The van der Waals surface area contributed by atoms with E-state index < -0.39 is 5.60 Å². The highest BCUT2D eigenvalue weighted by Gasteiger charge is 2.51. The maximum absolute atomic E-state index is 9.99. The molecule has 2 heteroatoms. The van der Waals surface area contributed by atoms with Crippen molar-refractivity contribution in [2.75, 3.05) is 0 Å². The van der Waals surface area contributed by atoms with E-state index in [1.54, 1.807) is 0 Å². The first kappa shape index (κ1) is 8.52. The van der Waals surface area contributed by atoms with E-state index in [0.29, 0.717) is 11.8 Å². The van der Waals surface area contributed by atoms with Crippen LogP contribution in [-0.2, 0) is 0 Å². The second-order valence-electron chi connectivity index (χ2n) is 4.85. The Morgan fingerprint density at radius 3 is 2.67 bits per heavy atom. The van der Waals surface area contributed by atoms with Crippen LogP contribution in [0.4, 0.5) is 0 Å². The minimum atomic E-state index is -0.610. The molecule has 2 aliphatic rings. The minimum Gasteiger partial charge on any atom is -0.392 e. The van der Waals surface area contributed by atoms with Gasteiger partial charge in [0.05, 0.1) is 11.7 Å². The fourth-order valence-electron chi connectivity index (χ4n) is 2.99. The molecule has 0 aromatic heterocycles. The molecule has 0 heterocycles. The standard InChI is InChI=1S/C10H18O2/c1-6-7-3-4-10(2,12)8(5-7)9(6)11/h6-9,11-12H,3-5H2,1-2H3/t6-,7-,8+,9-,10?/m0/s1. The Bertz CT molecular complexity index is 188. The number of hydrogen-bond acceptors (Lipinski definition) is 2. The highest BCUT2D eigenvalue weighted by Crippen LogP contribution is 2.50.